The molecule has 24 heavy (non-hydrogen) atoms. The van der Waals surface area contributed by atoms with Gasteiger partial charge in [-0.1, -0.05) is 6.07 Å². The Morgan fingerprint density at radius 2 is 2.21 bits per heavy atom. The Kier molecular flexibility index (Phi) is 4.88. The highest BCUT2D eigenvalue weighted by atomic mass is 19.1. The van der Waals surface area contributed by atoms with Crippen LogP contribution in [-0.2, 0) is 11.2 Å². The molecule has 1 aliphatic rings. The van der Waals surface area contributed by atoms with E-state index in [1.807, 2.05) is 0 Å². The molecule has 0 spiro atoms. The van der Waals surface area contributed by atoms with Crippen molar-refractivity contribution in [2.24, 2.45) is 11.7 Å². The third-order valence-corrected chi connectivity index (χ3v) is 3.81. The number of benzene rings is 1. The van der Waals surface area contributed by atoms with E-state index in [1.165, 1.54) is 25.0 Å². The maximum Gasteiger partial charge on any atom is 0.229 e. The van der Waals surface area contributed by atoms with Gasteiger partial charge < -0.3 is 16.4 Å². The molecule has 0 aliphatic heterocycles. The summed E-state index contributed by atoms with van der Waals surface area (Å²) in [4.78, 5) is 19.7. The normalized spacial score (nSPS) is 13.5. The molecule has 0 bridgehead atoms. The average Bonchev–Trinajstić information content (AvgIpc) is 3.33. The van der Waals surface area contributed by atoms with Crippen LogP contribution < -0.4 is 16.4 Å². The average molecular weight is 329 g/mol. The highest BCUT2D eigenvalue weighted by Crippen LogP contribution is 2.34. The molecule has 1 aliphatic carbocycles. The molecule has 126 valence electrons. The van der Waals surface area contributed by atoms with Crippen molar-refractivity contribution < 1.29 is 9.18 Å². The minimum absolute atomic E-state index is 0.236. The Bertz CT molecular complexity index is 733. The molecule has 1 aromatic carbocycles. The second-order valence-corrected chi connectivity index (χ2v) is 5.99. The lowest BCUT2D eigenvalue weighted by atomic mass is 10.1. The molecular weight excluding hydrogens is 309 g/mol. The summed E-state index contributed by atoms with van der Waals surface area (Å²) in [5.41, 5.74) is 6.77. The van der Waals surface area contributed by atoms with Gasteiger partial charge >= 0.3 is 0 Å². The molecule has 4 N–H and O–H groups in total. The van der Waals surface area contributed by atoms with E-state index in [4.69, 9.17) is 5.73 Å². The van der Waals surface area contributed by atoms with Crippen molar-refractivity contribution in [3.63, 3.8) is 0 Å². The zero-order valence-electron chi connectivity index (χ0n) is 13.3. The van der Waals surface area contributed by atoms with Crippen LogP contribution in [0.2, 0.25) is 0 Å². The predicted octanol–water partition coefficient (Wildman–Crippen LogP) is 2.60. The van der Waals surface area contributed by atoms with Gasteiger partial charge in [0.25, 0.3) is 0 Å². The molecule has 0 unspecified atom stereocenters. The van der Waals surface area contributed by atoms with Gasteiger partial charge in [0.15, 0.2) is 0 Å². The molecule has 1 amide bonds. The number of primary amides is 1. The molecule has 0 atom stereocenters. The van der Waals surface area contributed by atoms with E-state index in [1.54, 1.807) is 18.3 Å². The molecule has 2 aromatic rings. The summed E-state index contributed by atoms with van der Waals surface area (Å²) >= 11 is 0. The molecule has 1 heterocycles. The van der Waals surface area contributed by atoms with E-state index in [9.17, 15) is 9.18 Å². The van der Waals surface area contributed by atoms with Crippen molar-refractivity contribution in [2.45, 2.75) is 25.7 Å². The minimum atomic E-state index is -0.363. The molecule has 3 rings (SSSR count). The van der Waals surface area contributed by atoms with Gasteiger partial charge in [-0.2, -0.15) is 4.98 Å². The van der Waals surface area contributed by atoms with Crippen LogP contribution in [0.3, 0.4) is 0 Å². The molecule has 6 nitrogen and oxygen atoms in total. The summed E-state index contributed by atoms with van der Waals surface area (Å²) < 4.78 is 13.3. The molecular formula is C17H20FN5O. The third kappa shape index (κ3) is 4.65. The van der Waals surface area contributed by atoms with Crippen LogP contribution in [0.15, 0.2) is 30.5 Å². The highest BCUT2D eigenvalue weighted by molar-refractivity contribution is 5.74. The van der Waals surface area contributed by atoms with Gasteiger partial charge in [0.05, 0.1) is 0 Å². The first-order chi connectivity index (χ1) is 11.6. The monoisotopic (exact) mass is 329 g/mol. The Morgan fingerprint density at radius 1 is 1.38 bits per heavy atom. The smallest absolute Gasteiger partial charge is 0.229 e. The molecule has 7 heteroatoms. The molecule has 1 fully saturated rings. The topological polar surface area (TPSA) is 92.9 Å². The number of nitrogens with one attached hydrogen (secondary N) is 2. The van der Waals surface area contributed by atoms with Crippen molar-refractivity contribution >= 4 is 23.4 Å². The summed E-state index contributed by atoms with van der Waals surface area (Å²) in [5, 5.41) is 6.14. The van der Waals surface area contributed by atoms with Crippen LogP contribution >= 0.6 is 0 Å². The Morgan fingerprint density at radius 3 is 2.92 bits per heavy atom. The van der Waals surface area contributed by atoms with Gasteiger partial charge in [0.1, 0.15) is 11.6 Å². The van der Waals surface area contributed by atoms with Crippen molar-refractivity contribution in [3.05, 3.63) is 41.8 Å². The molecule has 1 aromatic heterocycles. The second kappa shape index (κ2) is 7.25. The van der Waals surface area contributed by atoms with E-state index >= 15 is 0 Å². The van der Waals surface area contributed by atoms with E-state index in [-0.39, 0.29) is 18.1 Å². The van der Waals surface area contributed by atoms with Gasteiger partial charge in [0, 0.05) is 30.4 Å². The predicted molar refractivity (Wildman–Crippen MR) is 90.4 cm³/mol. The fourth-order valence-electron chi connectivity index (χ4n) is 2.40. The number of carbonyl (C=O) groups is 1. The van der Waals surface area contributed by atoms with Crippen molar-refractivity contribution in [1.82, 2.24) is 9.97 Å². The van der Waals surface area contributed by atoms with Crippen LogP contribution in [0.5, 0.6) is 0 Å². The lowest BCUT2D eigenvalue weighted by molar-refractivity contribution is -0.117. The van der Waals surface area contributed by atoms with Crippen LogP contribution in [0, 0.1) is 11.7 Å². The van der Waals surface area contributed by atoms with E-state index in [0.29, 0.717) is 29.9 Å². The number of nitrogens with zero attached hydrogens (tertiary/aromatic N) is 2. The van der Waals surface area contributed by atoms with Crippen molar-refractivity contribution in [1.29, 1.82) is 0 Å². The minimum Gasteiger partial charge on any atom is -0.370 e. The molecule has 1 saturated carbocycles. The number of amides is 1. The number of halogens is 1. The summed E-state index contributed by atoms with van der Waals surface area (Å²) in [6.45, 7) is 0.420. The number of aromatic nitrogens is 2. The lowest BCUT2D eigenvalue weighted by Crippen LogP contribution is -2.17. The first kappa shape index (κ1) is 16.2. The Labute approximate surface area is 139 Å². The zero-order chi connectivity index (χ0) is 16.9. The first-order valence-corrected chi connectivity index (χ1v) is 8.01. The Balaban J connectivity index is 1.75. The summed E-state index contributed by atoms with van der Waals surface area (Å²) in [7, 11) is 0. The van der Waals surface area contributed by atoms with Crippen molar-refractivity contribution in [2.75, 3.05) is 17.2 Å². The van der Waals surface area contributed by atoms with Gasteiger partial charge in [0.2, 0.25) is 11.9 Å². The largest absolute Gasteiger partial charge is 0.370 e. The summed E-state index contributed by atoms with van der Waals surface area (Å²) in [5.74, 6) is 1.06. The fourth-order valence-corrected chi connectivity index (χ4v) is 2.40. The van der Waals surface area contributed by atoms with E-state index in [2.05, 4.69) is 20.6 Å². The highest BCUT2D eigenvalue weighted by Gasteiger charge is 2.23. The van der Waals surface area contributed by atoms with Gasteiger partial charge in [-0.15, -0.1) is 0 Å². The Hall–Kier alpha value is -2.70. The maximum atomic E-state index is 13.3. The second-order valence-electron chi connectivity index (χ2n) is 5.99. The SMILES string of the molecule is NC(=O)CCNc1nc(Nc2cccc(F)c2)ncc1CC1CC1. The summed E-state index contributed by atoms with van der Waals surface area (Å²) in [6, 6.07) is 6.11. The number of anilines is 3. The fraction of sp³-hybridized carbons (Fsp3) is 0.353. The zero-order valence-corrected chi connectivity index (χ0v) is 13.3. The van der Waals surface area contributed by atoms with Gasteiger partial charge in [-0.3, -0.25) is 4.79 Å². The quantitative estimate of drug-likeness (QED) is 0.692. The molecule has 0 saturated heterocycles. The maximum absolute atomic E-state index is 13.3. The van der Waals surface area contributed by atoms with Crippen molar-refractivity contribution in [3.8, 4) is 0 Å². The van der Waals surface area contributed by atoms with E-state index < -0.39 is 0 Å². The van der Waals surface area contributed by atoms with Crippen LogP contribution in [0.4, 0.5) is 21.8 Å². The van der Waals surface area contributed by atoms with E-state index in [0.717, 1.165) is 12.0 Å². The number of hydrogen-bond acceptors (Lipinski definition) is 5. The third-order valence-electron chi connectivity index (χ3n) is 3.81. The number of nitrogens with two attached hydrogens (primary N) is 1. The van der Waals surface area contributed by atoms with Crippen LogP contribution in [-0.4, -0.2) is 22.4 Å². The molecule has 0 radical (unpaired) electrons. The number of rotatable bonds is 8. The number of carbonyl (C=O) groups excluding carboxylic acids is 1. The van der Waals surface area contributed by atoms with Crippen LogP contribution in [0.1, 0.15) is 24.8 Å². The lowest BCUT2D eigenvalue weighted by Gasteiger charge is -2.12. The standard InChI is InChI=1S/C17H20FN5O/c18-13-2-1-3-14(9-13)22-17-21-10-12(8-11-4-5-11)16(23-17)20-7-6-15(19)24/h1-3,9-11H,4-8H2,(H2,19,24)(H2,20,21,22,23). The number of hydrogen-bond donors (Lipinski definition) is 3. The first-order valence-electron chi connectivity index (χ1n) is 8.01. The van der Waals surface area contributed by atoms with Gasteiger partial charge in [-0.05, 0) is 43.4 Å². The van der Waals surface area contributed by atoms with Crippen LogP contribution in [0.25, 0.3) is 0 Å². The van der Waals surface area contributed by atoms with Gasteiger partial charge in [-0.25, -0.2) is 9.37 Å². The summed E-state index contributed by atoms with van der Waals surface area (Å²) in [6.07, 6.45) is 5.38.